The Kier molecular flexibility index (Phi) is 10.6. The minimum atomic E-state index is -0.782. The number of carbonyl (C=O) groups is 2. The van der Waals surface area contributed by atoms with E-state index >= 15 is 0 Å². The van der Waals surface area contributed by atoms with Gasteiger partial charge < -0.3 is 15.0 Å². The van der Waals surface area contributed by atoms with Gasteiger partial charge in [0.15, 0.2) is 6.61 Å². The molecule has 7 heteroatoms. The van der Waals surface area contributed by atoms with E-state index in [-0.39, 0.29) is 30.4 Å². The second-order valence-electron chi connectivity index (χ2n) is 10.3. The second-order valence-corrected chi connectivity index (χ2v) is 11.1. The Hall–Kier alpha value is -3.02. The molecule has 3 rings (SSSR count). The van der Waals surface area contributed by atoms with Crippen LogP contribution in [0.1, 0.15) is 50.8 Å². The molecule has 202 valence electrons. The number of amides is 2. The van der Waals surface area contributed by atoms with Crippen LogP contribution in [0.5, 0.6) is 5.75 Å². The summed E-state index contributed by atoms with van der Waals surface area (Å²) in [6.07, 6.45) is 1.12. The minimum Gasteiger partial charge on any atom is -0.484 e. The summed E-state index contributed by atoms with van der Waals surface area (Å²) < 4.78 is 5.89. The van der Waals surface area contributed by atoms with Gasteiger partial charge in [0, 0.05) is 35.1 Å². The molecule has 5 nitrogen and oxygen atoms in total. The third-order valence-corrected chi connectivity index (χ3v) is 7.00. The van der Waals surface area contributed by atoms with Crippen molar-refractivity contribution >= 4 is 35.0 Å². The van der Waals surface area contributed by atoms with Crippen LogP contribution in [0.2, 0.25) is 10.0 Å². The highest BCUT2D eigenvalue weighted by Gasteiger charge is 2.31. The number of halogens is 2. The molecule has 0 radical (unpaired) electrons. The molecular formula is C31H36Cl2N2O3. The van der Waals surface area contributed by atoms with Gasteiger partial charge in [-0.2, -0.15) is 0 Å². The molecule has 2 amide bonds. The Morgan fingerprint density at radius 1 is 0.921 bits per heavy atom. The summed E-state index contributed by atoms with van der Waals surface area (Å²) in [4.78, 5) is 28.6. The summed E-state index contributed by atoms with van der Waals surface area (Å²) in [5.41, 5.74) is 2.70. The normalized spacial score (nSPS) is 12.1. The fourth-order valence-corrected chi connectivity index (χ4v) is 4.57. The van der Waals surface area contributed by atoms with E-state index in [1.54, 1.807) is 18.2 Å². The van der Waals surface area contributed by atoms with E-state index < -0.39 is 6.04 Å². The Morgan fingerprint density at radius 3 is 2.13 bits per heavy atom. The Bertz CT molecular complexity index is 1190. The van der Waals surface area contributed by atoms with Crippen molar-refractivity contribution in [1.82, 2.24) is 10.2 Å². The average molecular weight is 556 g/mol. The van der Waals surface area contributed by atoms with E-state index in [0.717, 1.165) is 12.0 Å². The number of benzene rings is 3. The average Bonchev–Trinajstić information content (AvgIpc) is 2.89. The Labute approximate surface area is 236 Å². The Balaban J connectivity index is 1.91. The van der Waals surface area contributed by atoms with E-state index in [4.69, 9.17) is 27.9 Å². The molecule has 0 aromatic heterocycles. The van der Waals surface area contributed by atoms with Crippen LogP contribution in [0.3, 0.4) is 0 Å². The molecule has 0 bridgehead atoms. The van der Waals surface area contributed by atoms with Crippen LogP contribution in [0.4, 0.5) is 0 Å². The molecular weight excluding hydrogens is 519 g/mol. The predicted octanol–water partition coefficient (Wildman–Crippen LogP) is 6.84. The van der Waals surface area contributed by atoms with Crippen LogP contribution in [0.25, 0.3) is 0 Å². The van der Waals surface area contributed by atoms with Gasteiger partial charge in [0.25, 0.3) is 5.91 Å². The van der Waals surface area contributed by atoms with Gasteiger partial charge in [0.2, 0.25) is 5.91 Å². The van der Waals surface area contributed by atoms with Crippen molar-refractivity contribution in [2.45, 2.75) is 58.5 Å². The standard InChI is InChI=1S/C31H36Cl2N2O3/c1-5-18-34-30(37)28(19-22-10-7-6-8-11-22)35(20-25-26(32)12-9-13-27(25)33)29(36)21-38-24-16-14-23(15-17-24)31(2,3)4/h6-17,28H,5,18-21H2,1-4H3,(H,34,37). The van der Waals surface area contributed by atoms with Crippen LogP contribution in [0, 0.1) is 0 Å². The molecule has 38 heavy (non-hydrogen) atoms. The van der Waals surface area contributed by atoms with Crippen LogP contribution >= 0.6 is 23.2 Å². The smallest absolute Gasteiger partial charge is 0.261 e. The Morgan fingerprint density at radius 2 is 1.55 bits per heavy atom. The van der Waals surface area contributed by atoms with E-state index in [1.807, 2.05) is 61.5 Å². The van der Waals surface area contributed by atoms with Crippen molar-refractivity contribution in [2.24, 2.45) is 0 Å². The van der Waals surface area contributed by atoms with Gasteiger partial charge in [-0.1, -0.05) is 99.4 Å². The number of carbonyl (C=O) groups excluding carboxylic acids is 2. The van der Waals surface area contributed by atoms with Gasteiger partial charge >= 0.3 is 0 Å². The SMILES string of the molecule is CCCNC(=O)C(Cc1ccccc1)N(Cc1c(Cl)cccc1Cl)C(=O)COc1ccc(C(C)(C)C)cc1. The zero-order chi connectivity index (χ0) is 27.7. The first-order valence-corrected chi connectivity index (χ1v) is 13.6. The van der Waals surface area contributed by atoms with Gasteiger partial charge in [-0.3, -0.25) is 9.59 Å². The van der Waals surface area contributed by atoms with Crippen molar-refractivity contribution < 1.29 is 14.3 Å². The van der Waals surface area contributed by atoms with Crippen molar-refractivity contribution in [1.29, 1.82) is 0 Å². The summed E-state index contributed by atoms with van der Waals surface area (Å²) in [5.74, 6) is 0.00680. The fraction of sp³-hybridized carbons (Fsp3) is 0.355. The lowest BCUT2D eigenvalue weighted by molar-refractivity contribution is -0.142. The number of ether oxygens (including phenoxy) is 1. The first kappa shape index (κ1) is 29.5. The number of nitrogens with one attached hydrogen (secondary N) is 1. The molecule has 0 heterocycles. The molecule has 0 aliphatic heterocycles. The maximum atomic E-state index is 13.7. The molecule has 3 aromatic carbocycles. The maximum Gasteiger partial charge on any atom is 0.261 e. The summed E-state index contributed by atoms with van der Waals surface area (Å²) in [5, 5.41) is 3.82. The van der Waals surface area contributed by atoms with Crippen molar-refractivity contribution in [3.63, 3.8) is 0 Å². The number of hydrogen-bond donors (Lipinski definition) is 1. The molecule has 0 saturated carbocycles. The van der Waals surface area contributed by atoms with Gasteiger partial charge in [0.05, 0.1) is 0 Å². The summed E-state index contributed by atoms with van der Waals surface area (Å²) in [7, 11) is 0. The van der Waals surface area contributed by atoms with Gasteiger partial charge in [-0.15, -0.1) is 0 Å². The monoisotopic (exact) mass is 554 g/mol. The number of rotatable bonds is 11. The van der Waals surface area contributed by atoms with Crippen molar-refractivity contribution in [2.75, 3.05) is 13.2 Å². The highest BCUT2D eigenvalue weighted by molar-refractivity contribution is 6.36. The van der Waals surface area contributed by atoms with E-state index in [9.17, 15) is 9.59 Å². The summed E-state index contributed by atoms with van der Waals surface area (Å²) >= 11 is 13.0. The van der Waals surface area contributed by atoms with E-state index in [0.29, 0.717) is 34.3 Å². The van der Waals surface area contributed by atoms with Crippen molar-refractivity contribution in [3.05, 3.63) is 99.5 Å². The zero-order valence-electron chi connectivity index (χ0n) is 22.5. The fourth-order valence-electron chi connectivity index (χ4n) is 4.05. The summed E-state index contributed by atoms with van der Waals surface area (Å²) in [6.45, 7) is 8.75. The lowest BCUT2D eigenvalue weighted by Crippen LogP contribution is -2.51. The van der Waals surface area contributed by atoms with E-state index in [2.05, 4.69) is 26.1 Å². The minimum absolute atomic E-state index is 0.00980. The molecule has 0 aliphatic rings. The molecule has 0 spiro atoms. The van der Waals surface area contributed by atoms with E-state index in [1.165, 1.54) is 10.5 Å². The summed E-state index contributed by atoms with van der Waals surface area (Å²) in [6, 6.07) is 21.8. The first-order chi connectivity index (χ1) is 18.1. The third kappa shape index (κ3) is 8.24. The zero-order valence-corrected chi connectivity index (χ0v) is 24.0. The molecule has 1 atom stereocenters. The van der Waals surface area contributed by atoms with Crippen LogP contribution in [-0.4, -0.2) is 35.9 Å². The van der Waals surface area contributed by atoms with Gasteiger partial charge in [0.1, 0.15) is 11.8 Å². The predicted molar refractivity (Wildman–Crippen MR) is 155 cm³/mol. The molecule has 1 N–H and O–H groups in total. The molecule has 0 aliphatic carbocycles. The lowest BCUT2D eigenvalue weighted by Gasteiger charge is -2.32. The van der Waals surface area contributed by atoms with Gasteiger partial charge in [-0.05, 0) is 47.2 Å². The molecule has 1 unspecified atom stereocenters. The maximum absolute atomic E-state index is 13.7. The second kappa shape index (κ2) is 13.7. The van der Waals surface area contributed by atoms with Crippen LogP contribution < -0.4 is 10.1 Å². The van der Waals surface area contributed by atoms with Crippen LogP contribution in [-0.2, 0) is 28.0 Å². The highest BCUT2D eigenvalue weighted by Crippen LogP contribution is 2.28. The first-order valence-electron chi connectivity index (χ1n) is 12.9. The quantitative estimate of drug-likeness (QED) is 0.282. The van der Waals surface area contributed by atoms with Gasteiger partial charge in [-0.25, -0.2) is 0 Å². The molecule has 0 fully saturated rings. The lowest BCUT2D eigenvalue weighted by atomic mass is 9.87. The third-order valence-electron chi connectivity index (χ3n) is 6.29. The number of nitrogens with zero attached hydrogens (tertiary/aromatic N) is 1. The topological polar surface area (TPSA) is 58.6 Å². The highest BCUT2D eigenvalue weighted by atomic mass is 35.5. The number of hydrogen-bond acceptors (Lipinski definition) is 3. The van der Waals surface area contributed by atoms with Crippen LogP contribution in [0.15, 0.2) is 72.8 Å². The molecule has 0 saturated heterocycles. The largest absolute Gasteiger partial charge is 0.484 e. The molecule has 3 aromatic rings. The van der Waals surface area contributed by atoms with Crippen molar-refractivity contribution in [3.8, 4) is 5.75 Å².